The van der Waals surface area contributed by atoms with E-state index in [9.17, 15) is 9.18 Å². The predicted molar refractivity (Wildman–Crippen MR) is 117 cm³/mol. The highest BCUT2D eigenvalue weighted by Crippen LogP contribution is 2.36. The van der Waals surface area contributed by atoms with Crippen LogP contribution in [0.2, 0.25) is 0 Å². The van der Waals surface area contributed by atoms with Gasteiger partial charge in [-0.15, -0.1) is 0 Å². The lowest BCUT2D eigenvalue weighted by Gasteiger charge is -2.30. The van der Waals surface area contributed by atoms with Gasteiger partial charge in [0, 0.05) is 24.8 Å². The molecule has 2 heterocycles. The normalized spacial score (nSPS) is 18.3. The van der Waals surface area contributed by atoms with Gasteiger partial charge in [-0.25, -0.2) is 14.4 Å². The number of ketones is 1. The lowest BCUT2D eigenvalue weighted by molar-refractivity contribution is 0.0987. The summed E-state index contributed by atoms with van der Waals surface area (Å²) in [6, 6.07) is 4.66. The van der Waals surface area contributed by atoms with E-state index in [1.165, 1.54) is 30.2 Å². The highest BCUT2D eigenvalue weighted by Gasteiger charge is 2.32. The first kappa shape index (κ1) is 23.8. The van der Waals surface area contributed by atoms with Crippen molar-refractivity contribution in [1.29, 1.82) is 0 Å². The van der Waals surface area contributed by atoms with Crippen molar-refractivity contribution in [3.05, 3.63) is 53.2 Å². The average molecular weight is 435 g/mol. The maximum atomic E-state index is 14.5. The number of methoxy groups -OCH3 is 1. The summed E-state index contributed by atoms with van der Waals surface area (Å²) in [5.74, 6) is 0.514. The second-order valence-corrected chi connectivity index (χ2v) is 7.93. The molecule has 0 radical (unpaired) electrons. The van der Waals surface area contributed by atoms with E-state index in [1.807, 2.05) is 6.92 Å². The molecule has 162 valence electrons. The largest absolute Gasteiger partial charge is 0.474 e. The number of nitrogens with two attached hydrogens (primary N) is 1. The van der Waals surface area contributed by atoms with Crippen LogP contribution in [-0.4, -0.2) is 47.0 Å². The van der Waals surface area contributed by atoms with Crippen LogP contribution >= 0.6 is 11.8 Å². The second kappa shape index (κ2) is 10.5. The molecule has 0 saturated heterocycles. The van der Waals surface area contributed by atoms with E-state index < -0.39 is 5.54 Å². The molecule has 0 unspecified atom stereocenters. The smallest absolute Gasteiger partial charge is 0.232 e. The number of nitrogens with zero attached hydrogens (tertiary/aromatic N) is 3. The fraction of sp³-hybridized carbons (Fsp3) is 0.429. The summed E-state index contributed by atoms with van der Waals surface area (Å²) < 4.78 is 24.7. The molecule has 0 amide bonds. The van der Waals surface area contributed by atoms with Gasteiger partial charge in [-0.3, -0.25) is 9.79 Å². The second-order valence-electron chi connectivity index (χ2n) is 6.82. The molecule has 0 saturated carbocycles. The number of thioether (sulfide) groups is 1. The Labute approximate surface area is 180 Å². The number of carbonyl (C=O) groups is 1. The van der Waals surface area contributed by atoms with Crippen LogP contribution in [0, 0.1) is 5.82 Å². The SMILES string of the molecule is C.COCCOc1cnc(C(=O)Cc2ccc(F)c([C@]3(C)CCSC(N)=N3)c2)cn1. The van der Waals surface area contributed by atoms with Crippen LogP contribution in [0.15, 0.2) is 35.6 Å². The molecule has 1 aromatic heterocycles. The van der Waals surface area contributed by atoms with Gasteiger partial charge in [-0.1, -0.05) is 25.3 Å². The molecule has 0 spiro atoms. The van der Waals surface area contributed by atoms with E-state index in [1.54, 1.807) is 19.2 Å². The monoisotopic (exact) mass is 434 g/mol. The number of aromatic nitrogens is 2. The molecule has 1 aromatic carbocycles. The van der Waals surface area contributed by atoms with E-state index in [-0.39, 0.29) is 31.1 Å². The molecule has 0 fully saturated rings. The number of benzene rings is 1. The molecule has 3 rings (SSSR count). The van der Waals surface area contributed by atoms with Crippen molar-refractivity contribution in [2.45, 2.75) is 32.7 Å². The van der Waals surface area contributed by atoms with E-state index in [4.69, 9.17) is 15.2 Å². The molecule has 9 heteroatoms. The zero-order chi connectivity index (χ0) is 20.9. The minimum absolute atomic E-state index is 0. The summed E-state index contributed by atoms with van der Waals surface area (Å²) in [5.41, 5.74) is 6.46. The van der Waals surface area contributed by atoms with Gasteiger partial charge >= 0.3 is 0 Å². The summed E-state index contributed by atoms with van der Waals surface area (Å²) in [7, 11) is 1.58. The van der Waals surface area contributed by atoms with Crippen molar-refractivity contribution < 1.29 is 18.7 Å². The molecule has 7 nitrogen and oxygen atoms in total. The van der Waals surface area contributed by atoms with Crippen molar-refractivity contribution in [3.63, 3.8) is 0 Å². The Morgan fingerprint density at radius 2 is 2.10 bits per heavy atom. The fourth-order valence-corrected chi connectivity index (χ4v) is 3.99. The Hall–Kier alpha value is -2.52. The Morgan fingerprint density at radius 1 is 1.30 bits per heavy atom. The van der Waals surface area contributed by atoms with E-state index in [2.05, 4.69) is 15.0 Å². The quantitative estimate of drug-likeness (QED) is 0.502. The van der Waals surface area contributed by atoms with Gasteiger partial charge in [-0.2, -0.15) is 0 Å². The maximum absolute atomic E-state index is 14.5. The standard InChI is InChI=1S/C20H23FN4O3S.CH4/c1-20(5-8-29-19(22)25-20)14-9-13(3-4-15(14)21)10-17(26)16-11-24-18(12-23-16)28-7-6-27-2;/h3-4,9,11-12H,5-8,10H2,1-2H3,(H2,22,25);1H4/t20-;/m0./s1. The summed E-state index contributed by atoms with van der Waals surface area (Å²) in [6.45, 7) is 2.64. The van der Waals surface area contributed by atoms with Crippen molar-refractivity contribution in [3.8, 4) is 5.88 Å². The van der Waals surface area contributed by atoms with Crippen molar-refractivity contribution in [2.24, 2.45) is 10.7 Å². The third-order valence-electron chi connectivity index (χ3n) is 4.62. The summed E-state index contributed by atoms with van der Waals surface area (Å²) in [6.07, 6.45) is 3.52. The Kier molecular flexibility index (Phi) is 8.31. The molecule has 1 atom stereocenters. The minimum atomic E-state index is -0.737. The van der Waals surface area contributed by atoms with E-state index >= 15 is 0 Å². The third-order valence-corrected chi connectivity index (χ3v) is 5.42. The number of hydrogen-bond acceptors (Lipinski definition) is 8. The first-order valence-electron chi connectivity index (χ1n) is 9.15. The zero-order valence-corrected chi connectivity index (χ0v) is 17.2. The minimum Gasteiger partial charge on any atom is -0.474 e. The molecular formula is C21H27FN4O3S. The number of hydrogen-bond donors (Lipinski definition) is 1. The molecule has 0 bridgehead atoms. The molecule has 30 heavy (non-hydrogen) atoms. The molecular weight excluding hydrogens is 407 g/mol. The van der Waals surface area contributed by atoms with Crippen molar-refractivity contribution >= 4 is 22.7 Å². The van der Waals surface area contributed by atoms with Gasteiger partial charge in [0.2, 0.25) is 5.88 Å². The van der Waals surface area contributed by atoms with Crippen LogP contribution in [0.1, 0.15) is 42.4 Å². The lowest BCUT2D eigenvalue weighted by Crippen LogP contribution is -2.29. The number of halogens is 1. The topological polar surface area (TPSA) is 99.7 Å². The van der Waals surface area contributed by atoms with Gasteiger partial charge in [0.25, 0.3) is 0 Å². The summed E-state index contributed by atoms with van der Waals surface area (Å²) in [4.78, 5) is 25.2. The number of amidine groups is 1. The molecule has 2 aromatic rings. The third kappa shape index (κ3) is 5.76. The van der Waals surface area contributed by atoms with Crippen LogP contribution in [0.5, 0.6) is 5.88 Å². The van der Waals surface area contributed by atoms with Crippen LogP contribution < -0.4 is 10.5 Å². The average Bonchev–Trinajstić information content (AvgIpc) is 2.70. The van der Waals surface area contributed by atoms with Crippen LogP contribution in [0.3, 0.4) is 0 Å². The van der Waals surface area contributed by atoms with Gasteiger partial charge < -0.3 is 15.2 Å². The lowest BCUT2D eigenvalue weighted by atomic mass is 9.87. The zero-order valence-electron chi connectivity index (χ0n) is 16.4. The van der Waals surface area contributed by atoms with Crippen molar-refractivity contribution in [2.75, 3.05) is 26.1 Å². The van der Waals surface area contributed by atoms with Crippen LogP contribution in [0.4, 0.5) is 4.39 Å². The Morgan fingerprint density at radius 3 is 2.77 bits per heavy atom. The first-order chi connectivity index (χ1) is 13.9. The van der Waals surface area contributed by atoms with Crippen molar-refractivity contribution in [1.82, 2.24) is 9.97 Å². The van der Waals surface area contributed by atoms with Gasteiger partial charge in [0.05, 0.1) is 24.5 Å². The molecule has 2 N–H and O–H groups in total. The van der Waals surface area contributed by atoms with E-state index in [0.717, 1.165) is 5.75 Å². The Bertz CT molecular complexity index is 908. The van der Waals surface area contributed by atoms with Gasteiger partial charge in [-0.05, 0) is 31.0 Å². The molecule has 1 aliphatic rings. The molecule has 1 aliphatic heterocycles. The summed E-state index contributed by atoms with van der Waals surface area (Å²) in [5, 5.41) is 0.447. The van der Waals surface area contributed by atoms with Crippen LogP contribution in [-0.2, 0) is 16.7 Å². The highest BCUT2D eigenvalue weighted by molar-refractivity contribution is 8.13. The fourth-order valence-electron chi connectivity index (χ4n) is 3.02. The van der Waals surface area contributed by atoms with Crippen LogP contribution in [0.25, 0.3) is 0 Å². The maximum Gasteiger partial charge on any atom is 0.232 e. The highest BCUT2D eigenvalue weighted by atomic mass is 32.2. The number of aliphatic imine (C=N–C) groups is 1. The number of Topliss-reactive ketones (excluding diaryl/α,β-unsaturated/α-hetero) is 1. The Balaban J connectivity index is 0.00000320. The van der Waals surface area contributed by atoms with Gasteiger partial charge in [0.1, 0.15) is 18.1 Å². The van der Waals surface area contributed by atoms with Gasteiger partial charge in [0.15, 0.2) is 11.0 Å². The number of ether oxygens (including phenoxy) is 2. The number of rotatable bonds is 8. The number of carbonyl (C=O) groups excluding carboxylic acids is 1. The molecule has 0 aliphatic carbocycles. The first-order valence-corrected chi connectivity index (χ1v) is 10.1. The van der Waals surface area contributed by atoms with E-state index in [0.29, 0.717) is 41.8 Å². The summed E-state index contributed by atoms with van der Waals surface area (Å²) >= 11 is 1.46. The predicted octanol–water partition coefficient (Wildman–Crippen LogP) is 3.37.